The minimum absolute atomic E-state index is 1.17. The molecule has 10 aromatic carbocycles. The van der Waals surface area contributed by atoms with Crippen LogP contribution in [0.2, 0.25) is 0 Å². The first-order valence-corrected chi connectivity index (χ1v) is 17.8. The summed E-state index contributed by atoms with van der Waals surface area (Å²) in [5.41, 5.74) is 11.4. The maximum absolute atomic E-state index is 2.52. The summed E-state index contributed by atoms with van der Waals surface area (Å²) in [6.45, 7) is 0. The molecule has 1 aliphatic rings. The number of hydrogen-bond acceptors (Lipinski definition) is 0. The van der Waals surface area contributed by atoms with Gasteiger partial charge in [-0.2, -0.15) is 0 Å². The molecule has 0 bridgehead atoms. The van der Waals surface area contributed by atoms with E-state index in [1.54, 1.807) is 0 Å². The van der Waals surface area contributed by atoms with Crippen molar-refractivity contribution in [2.75, 3.05) is 0 Å². The average molecular weight is 644 g/mol. The smallest absolute Gasteiger partial charge is 0.0626 e. The third-order valence-electron chi connectivity index (χ3n) is 11.4. The molecular formula is C50H29N. The first-order chi connectivity index (χ1) is 25.3. The largest absolute Gasteiger partial charge is 0.309 e. The van der Waals surface area contributed by atoms with E-state index in [4.69, 9.17) is 0 Å². The molecule has 1 aliphatic carbocycles. The van der Waals surface area contributed by atoms with Crippen molar-refractivity contribution in [3.8, 4) is 39.1 Å². The Bertz CT molecular complexity index is 3300. The zero-order valence-corrected chi connectivity index (χ0v) is 27.7. The highest BCUT2D eigenvalue weighted by Crippen LogP contribution is 2.50. The summed E-state index contributed by atoms with van der Waals surface area (Å²) in [4.78, 5) is 0. The number of benzene rings is 10. The van der Waals surface area contributed by atoms with Crippen LogP contribution < -0.4 is 0 Å². The molecule has 1 heteroatoms. The van der Waals surface area contributed by atoms with Crippen molar-refractivity contribution in [3.63, 3.8) is 0 Å². The molecule has 0 saturated heterocycles. The van der Waals surface area contributed by atoms with Crippen LogP contribution in [0.5, 0.6) is 0 Å². The van der Waals surface area contributed by atoms with Gasteiger partial charge in [-0.05, 0) is 107 Å². The molecule has 12 rings (SSSR count). The van der Waals surface area contributed by atoms with E-state index in [2.05, 4.69) is 180 Å². The number of para-hydroxylation sites is 1. The molecule has 0 saturated carbocycles. The quantitative estimate of drug-likeness (QED) is 0.165. The zero-order chi connectivity index (χ0) is 33.2. The normalized spacial score (nSPS) is 12.3. The second-order valence-electron chi connectivity index (χ2n) is 14.0. The van der Waals surface area contributed by atoms with Gasteiger partial charge in [0.05, 0.1) is 11.0 Å². The number of aromatic nitrogens is 1. The highest BCUT2D eigenvalue weighted by molar-refractivity contribution is 6.42. The Kier molecular flexibility index (Phi) is 5.29. The average Bonchev–Trinajstić information content (AvgIpc) is 3.72. The van der Waals surface area contributed by atoms with Crippen molar-refractivity contribution in [1.82, 2.24) is 4.57 Å². The van der Waals surface area contributed by atoms with Gasteiger partial charge in [0, 0.05) is 27.2 Å². The molecule has 11 aromatic rings. The van der Waals surface area contributed by atoms with Gasteiger partial charge < -0.3 is 4.57 Å². The Hall–Kier alpha value is -6.70. The highest BCUT2D eigenvalue weighted by atomic mass is 15.0. The summed E-state index contributed by atoms with van der Waals surface area (Å²) < 4.78 is 2.52. The van der Waals surface area contributed by atoms with Crippen LogP contribution in [-0.2, 0) is 0 Å². The van der Waals surface area contributed by atoms with Gasteiger partial charge in [-0.3, -0.25) is 0 Å². The lowest BCUT2D eigenvalue weighted by atomic mass is 9.88. The summed E-state index contributed by atoms with van der Waals surface area (Å²) >= 11 is 0. The fourth-order valence-corrected chi connectivity index (χ4v) is 9.41. The minimum Gasteiger partial charge on any atom is -0.309 e. The summed E-state index contributed by atoms with van der Waals surface area (Å²) in [5.74, 6) is 0. The zero-order valence-electron chi connectivity index (χ0n) is 27.7. The van der Waals surface area contributed by atoms with Crippen molar-refractivity contribution in [2.45, 2.75) is 0 Å². The summed E-state index contributed by atoms with van der Waals surface area (Å²) in [6.07, 6.45) is 0. The Morgan fingerprint density at radius 2 is 0.863 bits per heavy atom. The fraction of sp³-hybridized carbons (Fsp3) is 0. The van der Waals surface area contributed by atoms with Crippen LogP contribution in [0.25, 0.3) is 115 Å². The lowest BCUT2D eigenvalue weighted by molar-refractivity contribution is 1.19. The van der Waals surface area contributed by atoms with E-state index in [9.17, 15) is 0 Å². The summed E-state index contributed by atoms with van der Waals surface area (Å²) in [7, 11) is 0. The molecule has 0 unspecified atom stereocenters. The molecule has 0 radical (unpaired) electrons. The molecule has 51 heavy (non-hydrogen) atoms. The molecule has 0 spiro atoms. The number of rotatable bonds is 2. The predicted octanol–water partition coefficient (Wildman–Crippen LogP) is 13.9. The monoisotopic (exact) mass is 643 g/mol. The number of nitrogens with zero attached hydrogens (tertiary/aromatic N) is 1. The Morgan fingerprint density at radius 3 is 1.63 bits per heavy atom. The molecule has 0 atom stereocenters. The molecular weight excluding hydrogens is 615 g/mol. The van der Waals surface area contributed by atoms with Crippen molar-refractivity contribution < 1.29 is 0 Å². The van der Waals surface area contributed by atoms with Crippen LogP contribution in [-0.4, -0.2) is 4.57 Å². The molecule has 0 aliphatic heterocycles. The lowest BCUT2D eigenvalue weighted by Gasteiger charge is -2.16. The molecule has 0 amide bonds. The Balaban J connectivity index is 1.21. The molecule has 234 valence electrons. The Morgan fingerprint density at radius 1 is 0.294 bits per heavy atom. The standard InChI is InChI=1S/C50H29N/c1-2-19-37-36(18-1)38-25-12-14-31-27-32(29-44(37)46(31)38)30-13-11-15-33(28-30)51-45-26-10-9-24-43(45)49-48-40-21-6-4-17-35(40)34-16-3-5-20-39(34)47(48)41-22-7-8-23-42(41)50(49)51/h1-29H. The highest BCUT2D eigenvalue weighted by Gasteiger charge is 2.24. The Labute approximate surface area is 294 Å². The van der Waals surface area contributed by atoms with Gasteiger partial charge in [0.1, 0.15) is 0 Å². The maximum Gasteiger partial charge on any atom is 0.0626 e. The molecule has 0 N–H and O–H groups in total. The van der Waals surface area contributed by atoms with E-state index >= 15 is 0 Å². The van der Waals surface area contributed by atoms with Crippen molar-refractivity contribution in [1.29, 1.82) is 0 Å². The lowest BCUT2D eigenvalue weighted by Crippen LogP contribution is -1.96. The van der Waals surface area contributed by atoms with Gasteiger partial charge in [0.15, 0.2) is 0 Å². The molecule has 1 aromatic heterocycles. The van der Waals surface area contributed by atoms with Crippen molar-refractivity contribution >= 4 is 75.7 Å². The van der Waals surface area contributed by atoms with Crippen LogP contribution in [0.4, 0.5) is 0 Å². The maximum atomic E-state index is 2.52. The number of hydrogen-bond donors (Lipinski definition) is 0. The first-order valence-electron chi connectivity index (χ1n) is 17.8. The van der Waals surface area contributed by atoms with Gasteiger partial charge in [0.2, 0.25) is 0 Å². The van der Waals surface area contributed by atoms with E-state index < -0.39 is 0 Å². The van der Waals surface area contributed by atoms with Crippen molar-refractivity contribution in [2.24, 2.45) is 0 Å². The topological polar surface area (TPSA) is 4.93 Å². The first kappa shape index (κ1) is 27.2. The summed E-state index contributed by atoms with van der Waals surface area (Å²) in [6, 6.07) is 65.4. The van der Waals surface area contributed by atoms with Gasteiger partial charge in [-0.25, -0.2) is 0 Å². The van der Waals surface area contributed by atoms with Gasteiger partial charge in [-0.1, -0.05) is 146 Å². The van der Waals surface area contributed by atoms with Gasteiger partial charge in [0.25, 0.3) is 0 Å². The molecule has 0 fully saturated rings. The van der Waals surface area contributed by atoms with E-state index in [0.717, 1.165) is 0 Å². The predicted molar refractivity (Wildman–Crippen MR) is 218 cm³/mol. The van der Waals surface area contributed by atoms with E-state index in [1.165, 1.54) is 115 Å². The molecule has 1 heterocycles. The second-order valence-corrected chi connectivity index (χ2v) is 14.0. The van der Waals surface area contributed by atoms with Crippen molar-refractivity contribution in [3.05, 3.63) is 176 Å². The van der Waals surface area contributed by atoms with E-state index in [0.29, 0.717) is 0 Å². The molecule has 1 nitrogen and oxygen atoms in total. The van der Waals surface area contributed by atoms with Crippen LogP contribution in [0.3, 0.4) is 0 Å². The third kappa shape index (κ3) is 3.55. The van der Waals surface area contributed by atoms with Gasteiger partial charge >= 0.3 is 0 Å². The van der Waals surface area contributed by atoms with Crippen LogP contribution in [0.15, 0.2) is 176 Å². The van der Waals surface area contributed by atoms with Crippen LogP contribution in [0.1, 0.15) is 0 Å². The summed E-state index contributed by atoms with van der Waals surface area (Å²) in [5, 5.41) is 15.7. The van der Waals surface area contributed by atoms with Gasteiger partial charge in [-0.15, -0.1) is 0 Å². The fourth-order valence-electron chi connectivity index (χ4n) is 9.41. The van der Waals surface area contributed by atoms with Crippen LogP contribution in [0, 0.1) is 0 Å². The minimum atomic E-state index is 1.17. The van der Waals surface area contributed by atoms with E-state index in [-0.39, 0.29) is 0 Å². The number of fused-ring (bicyclic) bond motifs is 16. The second kappa shape index (κ2) is 9.94. The van der Waals surface area contributed by atoms with Crippen LogP contribution >= 0.6 is 0 Å². The van der Waals surface area contributed by atoms with E-state index in [1.807, 2.05) is 0 Å². The third-order valence-corrected chi connectivity index (χ3v) is 11.4. The SMILES string of the molecule is c1cc(-c2cc3c4c(cccc4c2)-c2ccccc2-3)cc(-n2c3ccccc3c3c4c5ccccc5c5ccccc5c4c4ccccc4c32)c1.